The molecule has 3 rings (SSSR count). The molecule has 0 bridgehead atoms. The predicted molar refractivity (Wildman–Crippen MR) is 70.7 cm³/mol. The monoisotopic (exact) mass is 270 g/mol. The maximum absolute atomic E-state index is 11.9. The summed E-state index contributed by atoms with van der Waals surface area (Å²) in [4.78, 5) is 11.9. The number of hydrogen-bond acceptors (Lipinski definition) is 5. The van der Waals surface area contributed by atoms with Crippen molar-refractivity contribution in [3.05, 3.63) is 41.2 Å². The molecule has 6 nitrogen and oxygen atoms in total. The zero-order valence-electron chi connectivity index (χ0n) is 11.0. The molecule has 1 atom stereocenters. The van der Waals surface area contributed by atoms with Crippen LogP contribution >= 0.6 is 0 Å². The Morgan fingerprint density at radius 2 is 2.30 bits per heavy atom. The summed E-state index contributed by atoms with van der Waals surface area (Å²) >= 11 is 0. The molecule has 1 aromatic rings. The molecule has 1 fully saturated rings. The number of carbonyl (C=O) groups is 1. The third kappa shape index (κ3) is 1.64. The van der Waals surface area contributed by atoms with E-state index >= 15 is 0 Å². The van der Waals surface area contributed by atoms with Gasteiger partial charge in [-0.2, -0.15) is 10.3 Å². The normalized spacial score (nSPS) is 22.1. The van der Waals surface area contributed by atoms with Crippen LogP contribution in [0.25, 0.3) is 0 Å². The molecular formula is C14H14N4O2. The van der Waals surface area contributed by atoms with Crippen molar-refractivity contribution in [3.63, 3.8) is 0 Å². The topological polar surface area (TPSA) is 82.6 Å². The maximum Gasteiger partial charge on any atom is 0.244 e. The van der Waals surface area contributed by atoms with Crippen LogP contribution in [0.1, 0.15) is 18.0 Å². The minimum Gasteiger partial charge on any atom is -0.497 e. The molecule has 2 N–H and O–H groups in total. The number of ether oxygens (including phenoxy) is 1. The van der Waals surface area contributed by atoms with Crippen LogP contribution < -0.4 is 10.5 Å². The predicted octanol–water partition coefficient (Wildman–Crippen LogP) is 0.893. The summed E-state index contributed by atoms with van der Waals surface area (Å²) in [6.07, 6.45) is 0.417. The van der Waals surface area contributed by atoms with Gasteiger partial charge in [-0.05, 0) is 17.7 Å². The second-order valence-corrected chi connectivity index (χ2v) is 4.71. The van der Waals surface area contributed by atoms with Crippen LogP contribution in [-0.4, -0.2) is 29.6 Å². The van der Waals surface area contributed by atoms with Gasteiger partial charge in [0.05, 0.1) is 18.7 Å². The first kappa shape index (κ1) is 12.5. The van der Waals surface area contributed by atoms with E-state index in [4.69, 9.17) is 10.5 Å². The lowest BCUT2D eigenvalue weighted by Crippen LogP contribution is -2.36. The van der Waals surface area contributed by atoms with Crippen LogP contribution in [0, 0.1) is 11.3 Å². The zero-order chi connectivity index (χ0) is 14.3. The van der Waals surface area contributed by atoms with Crippen LogP contribution in [0.2, 0.25) is 0 Å². The maximum atomic E-state index is 11.9. The Labute approximate surface area is 116 Å². The van der Waals surface area contributed by atoms with E-state index in [1.165, 1.54) is 5.01 Å². The zero-order valence-corrected chi connectivity index (χ0v) is 11.0. The van der Waals surface area contributed by atoms with Crippen molar-refractivity contribution in [1.29, 1.82) is 5.26 Å². The number of fused-ring (bicyclic) bond motifs is 1. The van der Waals surface area contributed by atoms with Crippen LogP contribution in [0.5, 0.6) is 5.75 Å². The highest BCUT2D eigenvalue weighted by atomic mass is 16.5. The Bertz CT molecular complexity index is 647. The van der Waals surface area contributed by atoms with Gasteiger partial charge in [-0.25, -0.2) is 5.01 Å². The van der Waals surface area contributed by atoms with Gasteiger partial charge in [0.25, 0.3) is 0 Å². The third-order valence-corrected chi connectivity index (χ3v) is 3.65. The lowest BCUT2D eigenvalue weighted by Gasteiger charge is -2.26. The summed E-state index contributed by atoms with van der Waals surface area (Å²) in [5, 5.41) is 12.6. The lowest BCUT2D eigenvalue weighted by atomic mass is 9.99. The lowest BCUT2D eigenvalue weighted by molar-refractivity contribution is -0.133. The molecule has 0 saturated carbocycles. The Kier molecular flexibility index (Phi) is 2.84. The Morgan fingerprint density at radius 3 is 3.00 bits per heavy atom. The van der Waals surface area contributed by atoms with Crippen molar-refractivity contribution in [1.82, 2.24) is 10.0 Å². The SMILES string of the molecule is COc1cccc([C@@H]2C(C#N)=C(N)N3C(=O)CCN23)c1. The van der Waals surface area contributed by atoms with Crippen molar-refractivity contribution in [3.8, 4) is 11.8 Å². The molecule has 0 unspecified atom stereocenters. The molecule has 2 heterocycles. The van der Waals surface area contributed by atoms with Crippen LogP contribution in [-0.2, 0) is 4.79 Å². The summed E-state index contributed by atoms with van der Waals surface area (Å²) in [5.41, 5.74) is 7.25. The summed E-state index contributed by atoms with van der Waals surface area (Å²) in [6, 6.07) is 9.28. The fourth-order valence-corrected chi connectivity index (χ4v) is 2.75. The first-order valence-corrected chi connectivity index (χ1v) is 6.30. The van der Waals surface area contributed by atoms with Crippen LogP contribution in [0.15, 0.2) is 35.7 Å². The first-order valence-electron chi connectivity index (χ1n) is 6.30. The second-order valence-electron chi connectivity index (χ2n) is 4.71. The molecule has 2 aliphatic heterocycles. The number of nitriles is 1. The smallest absolute Gasteiger partial charge is 0.244 e. The van der Waals surface area contributed by atoms with E-state index in [0.29, 0.717) is 24.3 Å². The van der Waals surface area contributed by atoms with Crippen molar-refractivity contribution >= 4 is 5.91 Å². The standard InChI is InChI=1S/C14H14N4O2/c1-20-10-4-2-3-9(7-10)13-11(8-15)14(16)18-12(19)5-6-17(13)18/h2-4,7,13H,5-6,16H2,1H3/t13-/m1/s1. The Balaban J connectivity index is 2.08. The van der Waals surface area contributed by atoms with Gasteiger partial charge in [0.1, 0.15) is 17.6 Å². The molecule has 1 saturated heterocycles. The number of benzene rings is 1. The fourth-order valence-electron chi connectivity index (χ4n) is 2.75. The van der Waals surface area contributed by atoms with E-state index in [1.54, 1.807) is 7.11 Å². The largest absolute Gasteiger partial charge is 0.497 e. The molecule has 1 aromatic carbocycles. The Hall–Kier alpha value is -2.52. The van der Waals surface area contributed by atoms with Gasteiger partial charge in [-0.1, -0.05) is 12.1 Å². The first-order chi connectivity index (χ1) is 9.67. The summed E-state index contributed by atoms with van der Waals surface area (Å²) in [5.74, 6) is 0.880. The van der Waals surface area contributed by atoms with Crippen molar-refractivity contribution < 1.29 is 9.53 Å². The van der Waals surface area contributed by atoms with Gasteiger partial charge in [0.2, 0.25) is 5.91 Å². The van der Waals surface area contributed by atoms with Crippen LogP contribution in [0.4, 0.5) is 0 Å². The van der Waals surface area contributed by atoms with E-state index in [-0.39, 0.29) is 17.8 Å². The van der Waals surface area contributed by atoms with Crippen molar-refractivity contribution in [2.75, 3.05) is 13.7 Å². The molecule has 6 heteroatoms. The highest BCUT2D eigenvalue weighted by Gasteiger charge is 2.45. The summed E-state index contributed by atoms with van der Waals surface area (Å²) in [7, 11) is 1.59. The van der Waals surface area contributed by atoms with E-state index in [1.807, 2.05) is 29.3 Å². The van der Waals surface area contributed by atoms with Gasteiger partial charge < -0.3 is 10.5 Å². The molecular weight excluding hydrogens is 256 g/mol. The minimum atomic E-state index is -0.318. The minimum absolute atomic E-state index is 0.0688. The highest BCUT2D eigenvalue weighted by Crippen LogP contribution is 2.41. The fraction of sp³-hybridized carbons (Fsp3) is 0.286. The van der Waals surface area contributed by atoms with Gasteiger partial charge in [-0.3, -0.25) is 4.79 Å². The number of hydrogen-bond donors (Lipinski definition) is 1. The number of rotatable bonds is 2. The summed E-state index contributed by atoms with van der Waals surface area (Å²) in [6.45, 7) is 0.562. The van der Waals surface area contributed by atoms with E-state index in [9.17, 15) is 10.1 Å². The molecule has 20 heavy (non-hydrogen) atoms. The quantitative estimate of drug-likeness (QED) is 0.863. The van der Waals surface area contributed by atoms with E-state index in [2.05, 4.69) is 6.07 Å². The molecule has 2 aliphatic rings. The van der Waals surface area contributed by atoms with E-state index in [0.717, 1.165) is 5.56 Å². The second kappa shape index (κ2) is 4.54. The van der Waals surface area contributed by atoms with Gasteiger partial charge >= 0.3 is 0 Å². The number of hydrazine groups is 1. The Morgan fingerprint density at radius 1 is 1.50 bits per heavy atom. The number of carbonyl (C=O) groups excluding carboxylic acids is 1. The highest BCUT2D eigenvalue weighted by molar-refractivity contribution is 5.81. The molecule has 0 radical (unpaired) electrons. The average Bonchev–Trinajstić information content (AvgIpc) is 2.98. The number of amides is 1. The van der Waals surface area contributed by atoms with Crippen molar-refractivity contribution in [2.45, 2.75) is 12.5 Å². The number of nitrogens with two attached hydrogens (primary N) is 1. The molecule has 0 spiro atoms. The van der Waals surface area contributed by atoms with Gasteiger partial charge in [0, 0.05) is 13.0 Å². The molecule has 0 aromatic heterocycles. The third-order valence-electron chi connectivity index (χ3n) is 3.65. The molecule has 102 valence electrons. The number of methoxy groups -OCH3 is 1. The van der Waals surface area contributed by atoms with Gasteiger partial charge in [0.15, 0.2) is 0 Å². The molecule has 1 amide bonds. The van der Waals surface area contributed by atoms with Gasteiger partial charge in [-0.15, -0.1) is 0 Å². The van der Waals surface area contributed by atoms with Crippen molar-refractivity contribution in [2.24, 2.45) is 5.73 Å². The number of nitrogens with zero attached hydrogens (tertiary/aromatic N) is 3. The molecule has 0 aliphatic carbocycles. The van der Waals surface area contributed by atoms with Crippen LogP contribution in [0.3, 0.4) is 0 Å². The average molecular weight is 270 g/mol. The van der Waals surface area contributed by atoms with E-state index < -0.39 is 0 Å². The summed E-state index contributed by atoms with van der Waals surface area (Å²) < 4.78 is 5.21.